The number of aromatic nitrogens is 2. The molecule has 0 atom stereocenters. The number of nitrogens with zero attached hydrogens (tertiary/aromatic N) is 1. The van der Waals surface area contributed by atoms with Gasteiger partial charge in [-0.3, -0.25) is 5.10 Å². The minimum Gasteiger partial charge on any atom is -0.493 e. The molecule has 0 aliphatic heterocycles. The van der Waals surface area contributed by atoms with Gasteiger partial charge in [-0.25, -0.2) is 0 Å². The van der Waals surface area contributed by atoms with Gasteiger partial charge in [-0.1, -0.05) is 30.3 Å². The van der Waals surface area contributed by atoms with Gasteiger partial charge in [-0.15, -0.1) is 0 Å². The molecule has 0 unspecified atom stereocenters. The monoisotopic (exact) mass is 446 g/mol. The van der Waals surface area contributed by atoms with Crippen LogP contribution in [0.5, 0.6) is 28.7 Å². The van der Waals surface area contributed by atoms with Crippen molar-refractivity contribution in [1.29, 1.82) is 0 Å². The zero-order chi connectivity index (χ0) is 23.2. The minimum absolute atomic E-state index is 0.456. The third-order valence-electron chi connectivity index (χ3n) is 5.30. The van der Waals surface area contributed by atoms with Crippen molar-refractivity contribution in [3.05, 3.63) is 72.4 Å². The van der Waals surface area contributed by atoms with Gasteiger partial charge in [0.15, 0.2) is 23.0 Å². The predicted octanol–water partition coefficient (Wildman–Crippen LogP) is 5.36. The zero-order valence-electron chi connectivity index (χ0n) is 19.0. The van der Waals surface area contributed by atoms with Gasteiger partial charge in [-0.2, -0.15) is 5.10 Å². The molecule has 0 aliphatic rings. The maximum atomic E-state index is 5.99. The summed E-state index contributed by atoms with van der Waals surface area (Å²) in [4.78, 5) is 0. The van der Waals surface area contributed by atoms with E-state index in [-0.39, 0.29) is 0 Å². The van der Waals surface area contributed by atoms with E-state index in [1.165, 1.54) is 0 Å². The van der Waals surface area contributed by atoms with E-state index in [4.69, 9.17) is 23.7 Å². The summed E-state index contributed by atoms with van der Waals surface area (Å²) < 4.78 is 28.0. The molecular weight excluding hydrogens is 420 g/mol. The van der Waals surface area contributed by atoms with E-state index in [2.05, 4.69) is 10.2 Å². The molecule has 1 heterocycles. The van der Waals surface area contributed by atoms with Crippen LogP contribution in [0.15, 0.2) is 66.9 Å². The highest BCUT2D eigenvalue weighted by Crippen LogP contribution is 2.43. The Morgan fingerprint density at radius 2 is 1.36 bits per heavy atom. The third kappa shape index (κ3) is 4.57. The Kier molecular flexibility index (Phi) is 6.69. The molecule has 4 rings (SSSR count). The lowest BCUT2D eigenvalue weighted by molar-refractivity contribution is 0.284. The molecule has 4 aromatic rings. The molecule has 0 fully saturated rings. The molecule has 3 aromatic carbocycles. The Labute approximate surface area is 192 Å². The highest BCUT2D eigenvalue weighted by Gasteiger charge is 2.18. The second kappa shape index (κ2) is 9.99. The van der Waals surface area contributed by atoms with Crippen molar-refractivity contribution in [2.45, 2.75) is 6.61 Å². The average molecular weight is 447 g/mol. The Hall–Kier alpha value is -4.13. The summed E-state index contributed by atoms with van der Waals surface area (Å²) in [6, 6.07) is 19.6. The highest BCUT2D eigenvalue weighted by molar-refractivity contribution is 5.83. The number of methoxy groups -OCH3 is 4. The van der Waals surface area contributed by atoms with Crippen LogP contribution >= 0.6 is 0 Å². The Morgan fingerprint density at radius 3 is 2.00 bits per heavy atom. The fourth-order valence-corrected chi connectivity index (χ4v) is 3.64. The summed E-state index contributed by atoms with van der Waals surface area (Å²) >= 11 is 0. The van der Waals surface area contributed by atoms with E-state index in [0.29, 0.717) is 35.4 Å². The number of H-pyrrole nitrogens is 1. The predicted molar refractivity (Wildman–Crippen MR) is 126 cm³/mol. The second-order valence-corrected chi connectivity index (χ2v) is 7.21. The normalized spacial score (nSPS) is 10.5. The molecule has 0 amide bonds. The maximum Gasteiger partial charge on any atom is 0.203 e. The third-order valence-corrected chi connectivity index (χ3v) is 5.30. The molecule has 7 nitrogen and oxygen atoms in total. The Balaban J connectivity index is 1.67. The largest absolute Gasteiger partial charge is 0.493 e. The standard InChI is InChI=1S/C26H26N2O5/c1-29-22-12-18(10-11-21(22)33-16-17-8-6-5-7-9-17)25-20(15-27-28-25)19-13-23(30-2)26(32-4)24(14-19)31-3/h5-15H,16H2,1-4H3,(H,27,28). The van der Waals surface area contributed by atoms with Crippen molar-refractivity contribution in [2.75, 3.05) is 28.4 Å². The molecular formula is C26H26N2O5. The van der Waals surface area contributed by atoms with Crippen molar-refractivity contribution in [2.24, 2.45) is 0 Å². The quantitative estimate of drug-likeness (QED) is 0.373. The van der Waals surface area contributed by atoms with E-state index in [1.807, 2.05) is 60.7 Å². The number of aromatic amines is 1. The van der Waals surface area contributed by atoms with Crippen molar-refractivity contribution in [1.82, 2.24) is 10.2 Å². The Bertz CT molecular complexity index is 1200. The molecule has 0 saturated carbocycles. The molecule has 0 bridgehead atoms. The lowest BCUT2D eigenvalue weighted by Gasteiger charge is -2.15. The highest BCUT2D eigenvalue weighted by atomic mass is 16.5. The number of nitrogens with one attached hydrogen (secondary N) is 1. The molecule has 170 valence electrons. The maximum absolute atomic E-state index is 5.99. The molecule has 7 heteroatoms. The molecule has 1 aromatic heterocycles. The number of ether oxygens (including phenoxy) is 5. The van der Waals surface area contributed by atoms with Crippen LogP contribution in [-0.4, -0.2) is 38.6 Å². The number of hydrogen-bond donors (Lipinski definition) is 1. The number of benzene rings is 3. The van der Waals surface area contributed by atoms with Crippen LogP contribution in [-0.2, 0) is 6.61 Å². The first kappa shape index (κ1) is 22.1. The van der Waals surface area contributed by atoms with Crippen LogP contribution < -0.4 is 23.7 Å². The van der Waals surface area contributed by atoms with E-state index >= 15 is 0 Å². The first-order chi connectivity index (χ1) is 16.2. The molecule has 0 radical (unpaired) electrons. The minimum atomic E-state index is 0.456. The first-order valence-electron chi connectivity index (χ1n) is 10.4. The molecule has 1 N–H and O–H groups in total. The van der Waals surface area contributed by atoms with Crippen molar-refractivity contribution < 1.29 is 23.7 Å². The van der Waals surface area contributed by atoms with Crippen molar-refractivity contribution in [3.63, 3.8) is 0 Å². The SMILES string of the molecule is COc1cc(-c2[nH]ncc2-c2cc(OC)c(OC)c(OC)c2)ccc1OCc1ccccc1. The van der Waals surface area contributed by atoms with Gasteiger partial charge < -0.3 is 23.7 Å². The topological polar surface area (TPSA) is 74.8 Å². The molecule has 0 aliphatic carbocycles. The van der Waals surface area contributed by atoms with Crippen LogP contribution in [0.25, 0.3) is 22.4 Å². The summed E-state index contributed by atoms with van der Waals surface area (Å²) in [6.45, 7) is 0.456. The van der Waals surface area contributed by atoms with Gasteiger partial charge in [0.2, 0.25) is 5.75 Å². The van der Waals surface area contributed by atoms with Gasteiger partial charge in [0.1, 0.15) is 6.61 Å². The van der Waals surface area contributed by atoms with Crippen molar-refractivity contribution >= 4 is 0 Å². The summed E-state index contributed by atoms with van der Waals surface area (Å²) in [6.07, 6.45) is 1.77. The van der Waals surface area contributed by atoms with Gasteiger partial charge in [-0.05, 0) is 41.5 Å². The van der Waals surface area contributed by atoms with Gasteiger partial charge in [0.05, 0.1) is 40.3 Å². The van der Waals surface area contributed by atoms with Gasteiger partial charge in [0.25, 0.3) is 0 Å². The first-order valence-corrected chi connectivity index (χ1v) is 10.4. The van der Waals surface area contributed by atoms with Crippen LogP contribution in [0.2, 0.25) is 0 Å². The van der Waals surface area contributed by atoms with Crippen molar-refractivity contribution in [3.8, 4) is 51.1 Å². The fourth-order valence-electron chi connectivity index (χ4n) is 3.64. The van der Waals surface area contributed by atoms with Crippen LogP contribution in [0.1, 0.15) is 5.56 Å². The second-order valence-electron chi connectivity index (χ2n) is 7.21. The zero-order valence-corrected chi connectivity index (χ0v) is 19.0. The number of hydrogen-bond acceptors (Lipinski definition) is 6. The fraction of sp³-hybridized carbons (Fsp3) is 0.192. The Morgan fingerprint density at radius 1 is 0.697 bits per heavy atom. The van der Waals surface area contributed by atoms with Gasteiger partial charge in [0, 0.05) is 11.1 Å². The van der Waals surface area contributed by atoms with Crippen LogP contribution in [0.4, 0.5) is 0 Å². The van der Waals surface area contributed by atoms with E-state index in [9.17, 15) is 0 Å². The molecule has 0 spiro atoms. The lowest BCUT2D eigenvalue weighted by Crippen LogP contribution is -1.98. The molecule has 0 saturated heterocycles. The van der Waals surface area contributed by atoms with Gasteiger partial charge >= 0.3 is 0 Å². The summed E-state index contributed by atoms with van der Waals surface area (Å²) in [5.41, 5.74) is 4.57. The summed E-state index contributed by atoms with van der Waals surface area (Å²) in [5, 5.41) is 7.37. The lowest BCUT2D eigenvalue weighted by atomic mass is 10.0. The average Bonchev–Trinajstić information content (AvgIpc) is 3.37. The van der Waals surface area contributed by atoms with E-state index < -0.39 is 0 Å². The van der Waals surface area contributed by atoms with E-state index in [1.54, 1.807) is 34.6 Å². The van der Waals surface area contributed by atoms with E-state index in [0.717, 1.165) is 27.9 Å². The van der Waals surface area contributed by atoms with Crippen LogP contribution in [0, 0.1) is 0 Å². The summed E-state index contributed by atoms with van der Waals surface area (Å²) in [5.74, 6) is 2.98. The summed E-state index contributed by atoms with van der Waals surface area (Å²) in [7, 11) is 6.39. The van der Waals surface area contributed by atoms with Crippen LogP contribution in [0.3, 0.4) is 0 Å². The molecule has 33 heavy (non-hydrogen) atoms. The number of rotatable bonds is 9. The smallest absolute Gasteiger partial charge is 0.203 e.